The molecule has 0 bridgehead atoms. The summed E-state index contributed by atoms with van der Waals surface area (Å²) in [6.07, 6.45) is 0.336. The molecule has 5 heteroatoms. The smallest absolute Gasteiger partial charge is 0.323 e. The monoisotopic (exact) mass is 215 g/mol. The van der Waals surface area contributed by atoms with Gasteiger partial charge in [-0.2, -0.15) is 0 Å². The Morgan fingerprint density at radius 2 is 2.07 bits per heavy atom. The lowest BCUT2D eigenvalue weighted by atomic mass is 10.2. The van der Waals surface area contributed by atoms with Gasteiger partial charge < -0.3 is 15.2 Å². The highest BCUT2D eigenvalue weighted by molar-refractivity contribution is 7.53. The Morgan fingerprint density at radius 1 is 1.50 bits per heavy atom. The van der Waals surface area contributed by atoms with Crippen LogP contribution in [0.1, 0.15) is 5.56 Å². The highest BCUT2D eigenvalue weighted by Gasteiger charge is 2.27. The molecule has 0 aliphatic heterocycles. The van der Waals surface area contributed by atoms with E-state index in [9.17, 15) is 9.46 Å². The largest absolute Gasteiger partial charge is 0.344 e. The standard InChI is InChI=1S/C9H14NO3P/c1-13-14(11,12)9(10)7-8-5-3-2-4-6-8/h2-6,9H,7,10H2,1H3,(H,11,12)/t9-/m0/s1. The zero-order chi connectivity index (χ0) is 10.6. The van der Waals surface area contributed by atoms with Crippen molar-refractivity contribution in [2.45, 2.75) is 12.2 Å². The molecule has 14 heavy (non-hydrogen) atoms. The van der Waals surface area contributed by atoms with E-state index in [-0.39, 0.29) is 0 Å². The fraction of sp³-hybridized carbons (Fsp3) is 0.333. The zero-order valence-corrected chi connectivity index (χ0v) is 8.85. The molecule has 0 amide bonds. The Balaban J connectivity index is 2.67. The average molecular weight is 215 g/mol. The lowest BCUT2D eigenvalue weighted by Crippen LogP contribution is -2.23. The Labute approximate surface area is 83.2 Å². The third-order valence-electron chi connectivity index (χ3n) is 1.97. The van der Waals surface area contributed by atoms with Gasteiger partial charge in [0.1, 0.15) is 5.78 Å². The highest BCUT2D eigenvalue weighted by atomic mass is 31.2. The Hall–Kier alpha value is -0.670. The highest BCUT2D eigenvalue weighted by Crippen LogP contribution is 2.45. The van der Waals surface area contributed by atoms with Crippen molar-refractivity contribution in [3.63, 3.8) is 0 Å². The molecule has 0 fully saturated rings. The van der Waals surface area contributed by atoms with Crippen LogP contribution in [0.4, 0.5) is 0 Å². The van der Waals surface area contributed by atoms with E-state index in [0.717, 1.165) is 5.56 Å². The first-order valence-corrected chi connectivity index (χ1v) is 5.88. The van der Waals surface area contributed by atoms with Crippen LogP contribution in [0.15, 0.2) is 30.3 Å². The number of hydrogen-bond donors (Lipinski definition) is 2. The van der Waals surface area contributed by atoms with E-state index < -0.39 is 13.4 Å². The number of benzene rings is 1. The van der Waals surface area contributed by atoms with E-state index in [1.807, 2.05) is 30.3 Å². The maximum atomic E-state index is 11.3. The first-order chi connectivity index (χ1) is 6.56. The van der Waals surface area contributed by atoms with Gasteiger partial charge in [0.05, 0.1) is 0 Å². The summed E-state index contributed by atoms with van der Waals surface area (Å²) in [4.78, 5) is 9.26. The maximum Gasteiger partial charge on any atom is 0.344 e. The number of hydrogen-bond acceptors (Lipinski definition) is 3. The lowest BCUT2D eigenvalue weighted by molar-refractivity contribution is 0.304. The summed E-state index contributed by atoms with van der Waals surface area (Å²) in [7, 11) is -2.47. The molecule has 0 saturated heterocycles. The van der Waals surface area contributed by atoms with Crippen molar-refractivity contribution in [1.29, 1.82) is 0 Å². The Morgan fingerprint density at radius 3 is 2.57 bits per heavy atom. The molecule has 0 spiro atoms. The van der Waals surface area contributed by atoms with Gasteiger partial charge in [-0.05, 0) is 12.0 Å². The van der Waals surface area contributed by atoms with Gasteiger partial charge in [-0.15, -0.1) is 0 Å². The second-order valence-corrected chi connectivity index (χ2v) is 5.16. The van der Waals surface area contributed by atoms with Gasteiger partial charge in [0.2, 0.25) is 0 Å². The van der Waals surface area contributed by atoms with Gasteiger partial charge in [-0.25, -0.2) is 0 Å². The van der Waals surface area contributed by atoms with Crippen LogP contribution in [-0.4, -0.2) is 17.8 Å². The molecule has 0 radical (unpaired) electrons. The second kappa shape index (κ2) is 4.71. The molecule has 0 aliphatic carbocycles. The third-order valence-corrected chi connectivity index (χ3v) is 3.51. The first-order valence-electron chi connectivity index (χ1n) is 4.24. The van der Waals surface area contributed by atoms with Crippen LogP contribution in [0.25, 0.3) is 0 Å². The van der Waals surface area contributed by atoms with Crippen LogP contribution in [0.5, 0.6) is 0 Å². The van der Waals surface area contributed by atoms with Crippen molar-refractivity contribution in [2.24, 2.45) is 5.73 Å². The molecule has 0 heterocycles. The molecule has 0 aromatic heterocycles. The minimum absolute atomic E-state index is 0.336. The predicted molar refractivity (Wildman–Crippen MR) is 55.0 cm³/mol. The molecule has 1 aromatic carbocycles. The summed E-state index contributed by atoms with van der Waals surface area (Å²) in [6, 6.07) is 9.31. The minimum Gasteiger partial charge on any atom is -0.323 e. The molecular weight excluding hydrogens is 201 g/mol. The maximum absolute atomic E-state index is 11.3. The predicted octanol–water partition coefficient (Wildman–Crippen LogP) is 1.35. The topological polar surface area (TPSA) is 72.5 Å². The molecule has 1 rings (SSSR count). The normalized spacial score (nSPS) is 17.4. The van der Waals surface area contributed by atoms with Crippen LogP contribution in [0.3, 0.4) is 0 Å². The molecule has 1 unspecified atom stereocenters. The molecule has 2 atom stereocenters. The number of nitrogens with two attached hydrogens (primary N) is 1. The van der Waals surface area contributed by atoms with Gasteiger partial charge in [0.25, 0.3) is 0 Å². The van der Waals surface area contributed by atoms with E-state index in [0.29, 0.717) is 6.42 Å². The molecule has 78 valence electrons. The number of rotatable bonds is 4. The van der Waals surface area contributed by atoms with Crippen molar-refractivity contribution in [3.05, 3.63) is 35.9 Å². The van der Waals surface area contributed by atoms with E-state index >= 15 is 0 Å². The van der Waals surface area contributed by atoms with Crippen LogP contribution >= 0.6 is 7.60 Å². The van der Waals surface area contributed by atoms with Crippen LogP contribution in [-0.2, 0) is 15.5 Å². The fourth-order valence-electron chi connectivity index (χ4n) is 1.11. The molecule has 3 N–H and O–H groups in total. The van der Waals surface area contributed by atoms with E-state index in [2.05, 4.69) is 4.52 Å². The van der Waals surface area contributed by atoms with Crippen molar-refractivity contribution >= 4 is 7.60 Å². The van der Waals surface area contributed by atoms with Gasteiger partial charge in [-0.3, -0.25) is 4.57 Å². The zero-order valence-electron chi connectivity index (χ0n) is 7.96. The lowest BCUT2D eigenvalue weighted by Gasteiger charge is -2.16. The molecule has 0 aliphatic rings. The molecule has 0 saturated carbocycles. The third kappa shape index (κ3) is 2.93. The van der Waals surface area contributed by atoms with Crippen molar-refractivity contribution in [1.82, 2.24) is 0 Å². The van der Waals surface area contributed by atoms with Gasteiger partial charge in [0, 0.05) is 7.11 Å². The van der Waals surface area contributed by atoms with Crippen LogP contribution < -0.4 is 5.73 Å². The van der Waals surface area contributed by atoms with Gasteiger partial charge in [0.15, 0.2) is 0 Å². The first kappa shape index (κ1) is 11.4. The molecule has 1 aromatic rings. The summed E-state index contributed by atoms with van der Waals surface area (Å²) in [5.41, 5.74) is 6.48. The molecule has 4 nitrogen and oxygen atoms in total. The van der Waals surface area contributed by atoms with Crippen LogP contribution in [0.2, 0.25) is 0 Å². The Bertz CT molecular complexity index is 328. The summed E-state index contributed by atoms with van der Waals surface area (Å²) < 4.78 is 15.8. The van der Waals surface area contributed by atoms with E-state index in [4.69, 9.17) is 5.73 Å². The van der Waals surface area contributed by atoms with E-state index in [1.54, 1.807) is 0 Å². The van der Waals surface area contributed by atoms with Gasteiger partial charge in [-0.1, -0.05) is 30.3 Å². The minimum atomic E-state index is -3.65. The summed E-state index contributed by atoms with van der Waals surface area (Å²) in [5.74, 6) is -0.866. The Kier molecular flexibility index (Phi) is 3.84. The SMILES string of the molecule is COP(=O)(O)[C@H](N)Cc1ccccc1. The fourth-order valence-corrected chi connectivity index (χ4v) is 1.82. The van der Waals surface area contributed by atoms with Crippen molar-refractivity contribution in [3.8, 4) is 0 Å². The molecular formula is C9H14NO3P. The summed E-state index contributed by atoms with van der Waals surface area (Å²) in [5, 5.41) is 0. The average Bonchev–Trinajstić information content (AvgIpc) is 2.19. The van der Waals surface area contributed by atoms with Gasteiger partial charge >= 0.3 is 7.60 Å². The van der Waals surface area contributed by atoms with Crippen LogP contribution in [0, 0.1) is 0 Å². The second-order valence-electron chi connectivity index (χ2n) is 3.00. The summed E-state index contributed by atoms with van der Waals surface area (Å²) in [6.45, 7) is 0. The summed E-state index contributed by atoms with van der Waals surface area (Å²) >= 11 is 0. The quantitative estimate of drug-likeness (QED) is 0.743. The van der Waals surface area contributed by atoms with Crippen molar-refractivity contribution in [2.75, 3.05) is 7.11 Å². The van der Waals surface area contributed by atoms with Crippen molar-refractivity contribution < 1.29 is 14.0 Å². The van der Waals surface area contributed by atoms with E-state index in [1.165, 1.54) is 7.11 Å².